The van der Waals surface area contributed by atoms with Gasteiger partial charge in [-0.15, -0.1) is 11.3 Å². The van der Waals surface area contributed by atoms with Crippen molar-refractivity contribution < 1.29 is 14.3 Å². The highest BCUT2D eigenvalue weighted by atomic mass is 32.1. The zero-order valence-electron chi connectivity index (χ0n) is 18.6. The van der Waals surface area contributed by atoms with Crippen LogP contribution in [0.4, 0.5) is 5.95 Å². The fourth-order valence-corrected chi connectivity index (χ4v) is 5.41. The summed E-state index contributed by atoms with van der Waals surface area (Å²) in [7, 11) is 0. The third-order valence-electron chi connectivity index (χ3n) is 5.65. The molecule has 0 saturated heterocycles. The Kier molecular flexibility index (Phi) is 5.41. The number of pyridine rings is 2. The molecule has 0 N–H and O–H groups in total. The summed E-state index contributed by atoms with van der Waals surface area (Å²) < 4.78 is 8.29. The van der Waals surface area contributed by atoms with Gasteiger partial charge in [-0.3, -0.25) is 24.5 Å². The van der Waals surface area contributed by atoms with Crippen LogP contribution >= 0.6 is 11.3 Å². The molecule has 8 nitrogen and oxygen atoms in total. The standard InChI is InChI=1S/C24H23N5O3S/c1-4-32-21(31)11-17-13-28-23(20-10-16-12-25-9-8-19(16)33-20)22(18-7-5-6-14(2)26-18)27-24(28)29(17)15(3)30/h5-10,12,17H,4,11,13H2,1-3H3. The Morgan fingerprint density at radius 1 is 1.24 bits per heavy atom. The average Bonchev–Trinajstić information content (AvgIpc) is 3.44. The fourth-order valence-electron chi connectivity index (χ4n) is 4.32. The molecule has 0 saturated carbocycles. The van der Waals surface area contributed by atoms with E-state index in [1.165, 1.54) is 6.92 Å². The van der Waals surface area contributed by atoms with Gasteiger partial charge in [0, 0.05) is 41.6 Å². The molecule has 1 unspecified atom stereocenters. The van der Waals surface area contributed by atoms with Crippen molar-refractivity contribution in [2.24, 2.45) is 0 Å². The van der Waals surface area contributed by atoms with Crippen molar-refractivity contribution in [3.63, 3.8) is 0 Å². The first-order chi connectivity index (χ1) is 16.0. The number of fused-ring (bicyclic) bond motifs is 2. The normalized spacial score (nSPS) is 15.1. The van der Waals surface area contributed by atoms with Crippen molar-refractivity contribution >= 4 is 39.2 Å². The Morgan fingerprint density at radius 2 is 2.09 bits per heavy atom. The SMILES string of the molecule is CCOC(=O)CC1Cn2c(nc(-c3cccc(C)n3)c2-c2cc3cnccc3s2)N1C(C)=O. The predicted octanol–water partition coefficient (Wildman–Crippen LogP) is 4.22. The van der Waals surface area contributed by atoms with Crippen molar-refractivity contribution in [1.29, 1.82) is 0 Å². The van der Waals surface area contributed by atoms with Gasteiger partial charge in [0.25, 0.3) is 0 Å². The maximum Gasteiger partial charge on any atom is 0.307 e. The zero-order valence-corrected chi connectivity index (χ0v) is 19.4. The summed E-state index contributed by atoms with van der Waals surface area (Å²) in [5.74, 6) is 0.0409. The number of hydrogen-bond donors (Lipinski definition) is 0. The lowest BCUT2D eigenvalue weighted by molar-refractivity contribution is -0.143. The van der Waals surface area contributed by atoms with Gasteiger partial charge in [-0.25, -0.2) is 4.98 Å². The first-order valence-electron chi connectivity index (χ1n) is 10.8. The van der Waals surface area contributed by atoms with Gasteiger partial charge in [-0.1, -0.05) is 6.07 Å². The number of carbonyl (C=O) groups is 2. The summed E-state index contributed by atoms with van der Waals surface area (Å²) >= 11 is 1.64. The lowest BCUT2D eigenvalue weighted by Gasteiger charge is -2.21. The molecule has 9 heteroatoms. The molecule has 1 amide bonds. The summed E-state index contributed by atoms with van der Waals surface area (Å²) in [6.07, 6.45) is 3.73. The Morgan fingerprint density at radius 3 is 2.82 bits per heavy atom. The smallest absolute Gasteiger partial charge is 0.307 e. The Labute approximate surface area is 194 Å². The van der Waals surface area contributed by atoms with Crippen LogP contribution in [0.5, 0.6) is 0 Å². The second kappa shape index (κ2) is 8.40. The molecule has 1 aliphatic rings. The summed E-state index contributed by atoms with van der Waals surface area (Å²) in [4.78, 5) is 41.3. The molecule has 0 aromatic carbocycles. The van der Waals surface area contributed by atoms with Crippen molar-refractivity contribution in [1.82, 2.24) is 19.5 Å². The lowest BCUT2D eigenvalue weighted by atomic mass is 10.1. The maximum atomic E-state index is 12.6. The highest BCUT2D eigenvalue weighted by Gasteiger charge is 2.39. The van der Waals surface area contributed by atoms with Crippen molar-refractivity contribution in [3.8, 4) is 22.0 Å². The minimum absolute atomic E-state index is 0.116. The number of aromatic nitrogens is 4. The number of thiophene rings is 1. The second-order valence-corrected chi connectivity index (χ2v) is 9.04. The molecule has 33 heavy (non-hydrogen) atoms. The van der Waals surface area contributed by atoms with Gasteiger partial charge in [0.05, 0.1) is 35.3 Å². The van der Waals surface area contributed by atoms with Crippen molar-refractivity contribution in [2.75, 3.05) is 11.5 Å². The van der Waals surface area contributed by atoms with E-state index in [4.69, 9.17) is 14.7 Å². The van der Waals surface area contributed by atoms with Crippen LogP contribution in [0.2, 0.25) is 0 Å². The highest BCUT2D eigenvalue weighted by Crippen LogP contribution is 2.43. The number of rotatable bonds is 5. The number of ether oxygens (including phenoxy) is 1. The van der Waals surface area contributed by atoms with Gasteiger partial charge in [-0.2, -0.15) is 0 Å². The summed E-state index contributed by atoms with van der Waals surface area (Å²) in [5.41, 5.74) is 3.24. The Balaban J connectivity index is 1.68. The minimum Gasteiger partial charge on any atom is -0.466 e. The number of hydrogen-bond acceptors (Lipinski definition) is 7. The van der Waals surface area contributed by atoms with Crippen LogP contribution < -0.4 is 4.90 Å². The van der Waals surface area contributed by atoms with Gasteiger partial charge >= 0.3 is 5.97 Å². The molecule has 4 aromatic heterocycles. The molecule has 4 aromatic rings. The van der Waals surface area contributed by atoms with E-state index < -0.39 is 0 Å². The van der Waals surface area contributed by atoms with Crippen molar-refractivity contribution in [3.05, 3.63) is 48.4 Å². The lowest BCUT2D eigenvalue weighted by Crippen LogP contribution is -2.38. The number of aryl methyl sites for hydroxylation is 1. The van der Waals surface area contributed by atoms with Crippen LogP contribution in [-0.4, -0.2) is 44.0 Å². The number of carbonyl (C=O) groups excluding carboxylic acids is 2. The third kappa shape index (κ3) is 3.78. The molecule has 0 aliphatic carbocycles. The molecular weight excluding hydrogens is 438 g/mol. The van der Waals surface area contributed by atoms with Crippen LogP contribution in [0.3, 0.4) is 0 Å². The molecule has 168 valence electrons. The van der Waals surface area contributed by atoms with Crippen LogP contribution in [-0.2, 0) is 20.9 Å². The Hall–Kier alpha value is -3.59. The molecule has 0 radical (unpaired) electrons. The quantitative estimate of drug-likeness (QED) is 0.414. The predicted molar refractivity (Wildman–Crippen MR) is 127 cm³/mol. The highest BCUT2D eigenvalue weighted by molar-refractivity contribution is 7.22. The van der Waals surface area contributed by atoms with Gasteiger partial charge in [-0.05, 0) is 38.1 Å². The number of nitrogens with zero attached hydrogens (tertiary/aromatic N) is 5. The van der Waals surface area contributed by atoms with E-state index in [9.17, 15) is 9.59 Å². The van der Waals surface area contributed by atoms with Crippen LogP contribution in [0.15, 0.2) is 42.7 Å². The largest absolute Gasteiger partial charge is 0.466 e. The topological polar surface area (TPSA) is 90.2 Å². The first kappa shape index (κ1) is 21.3. The summed E-state index contributed by atoms with van der Waals surface area (Å²) in [6.45, 7) is 5.97. The monoisotopic (exact) mass is 461 g/mol. The average molecular weight is 462 g/mol. The molecule has 0 spiro atoms. The second-order valence-electron chi connectivity index (χ2n) is 7.96. The van der Waals surface area contributed by atoms with Gasteiger partial charge < -0.3 is 9.30 Å². The molecule has 5 heterocycles. The van der Waals surface area contributed by atoms with Crippen LogP contribution in [0.1, 0.15) is 26.0 Å². The van der Waals surface area contributed by atoms with Gasteiger partial charge in [0.1, 0.15) is 5.69 Å². The number of imidazole rings is 1. The van der Waals surface area contributed by atoms with E-state index in [1.54, 1.807) is 29.4 Å². The van der Waals surface area contributed by atoms with E-state index in [1.807, 2.05) is 42.0 Å². The molecule has 5 rings (SSSR count). The molecule has 1 aliphatic heterocycles. The van der Waals surface area contributed by atoms with Crippen molar-refractivity contribution in [2.45, 2.75) is 39.8 Å². The number of amides is 1. The van der Waals surface area contributed by atoms with Crippen LogP contribution in [0, 0.1) is 6.92 Å². The Bertz CT molecular complexity index is 1340. The van der Waals surface area contributed by atoms with Gasteiger partial charge in [0.2, 0.25) is 11.9 Å². The third-order valence-corrected chi connectivity index (χ3v) is 6.77. The molecular formula is C24H23N5O3S. The van der Waals surface area contributed by atoms with Gasteiger partial charge in [0.15, 0.2) is 0 Å². The zero-order chi connectivity index (χ0) is 23.1. The maximum absolute atomic E-state index is 12.6. The van der Waals surface area contributed by atoms with E-state index in [2.05, 4.69) is 11.1 Å². The summed E-state index contributed by atoms with van der Waals surface area (Å²) in [5, 5.41) is 1.04. The number of esters is 1. The molecule has 0 bridgehead atoms. The van der Waals surface area contributed by atoms with E-state index in [0.29, 0.717) is 24.8 Å². The molecule has 1 atom stereocenters. The number of anilines is 1. The van der Waals surface area contributed by atoms with E-state index >= 15 is 0 Å². The van der Waals surface area contributed by atoms with E-state index in [0.717, 1.165) is 32.0 Å². The summed E-state index contributed by atoms with van der Waals surface area (Å²) in [6, 6.07) is 9.55. The minimum atomic E-state index is -0.349. The van der Waals surface area contributed by atoms with Crippen LogP contribution in [0.25, 0.3) is 32.0 Å². The van der Waals surface area contributed by atoms with E-state index in [-0.39, 0.29) is 24.3 Å². The fraction of sp³-hybridized carbons (Fsp3) is 0.292. The first-order valence-corrected chi connectivity index (χ1v) is 11.6. The molecule has 0 fully saturated rings.